The predicted octanol–water partition coefficient (Wildman–Crippen LogP) is 5.88. The number of aryl methyl sites for hydroxylation is 1. The maximum absolute atomic E-state index is 13.9. The zero-order valence-electron chi connectivity index (χ0n) is 15.8. The molecule has 1 saturated carbocycles. The predicted molar refractivity (Wildman–Crippen MR) is 97.7 cm³/mol. The Bertz CT molecular complexity index is 823. The first-order valence-electron chi connectivity index (χ1n) is 9.06. The van der Waals surface area contributed by atoms with Crippen molar-refractivity contribution in [1.82, 2.24) is 0 Å². The highest BCUT2D eigenvalue weighted by molar-refractivity contribution is 6.01. The molecule has 0 bridgehead atoms. The molecule has 0 N–H and O–H groups in total. The van der Waals surface area contributed by atoms with E-state index in [9.17, 15) is 26.7 Å². The zero-order chi connectivity index (χ0) is 21.1. The third kappa shape index (κ3) is 4.78. The molecule has 1 aliphatic carbocycles. The van der Waals surface area contributed by atoms with Gasteiger partial charge in [0.1, 0.15) is 5.78 Å². The second kappa shape index (κ2) is 8.42. The van der Waals surface area contributed by atoms with E-state index in [0.29, 0.717) is 30.5 Å². The fraction of sp³-hybridized carbons (Fsp3) is 0.524. The molecular weight excluding hydrogens is 377 g/mol. The van der Waals surface area contributed by atoms with Gasteiger partial charge in [-0.25, -0.2) is 26.9 Å². The summed E-state index contributed by atoms with van der Waals surface area (Å²) in [6, 6.07) is 2.00. The minimum atomic E-state index is -3.37. The molecule has 1 aromatic rings. The van der Waals surface area contributed by atoms with Crippen molar-refractivity contribution in [2.24, 2.45) is 10.9 Å². The molecular formula is C21H22F5NO. The van der Waals surface area contributed by atoms with Crippen LogP contribution in [0.15, 0.2) is 17.1 Å². The number of halogens is 5. The van der Waals surface area contributed by atoms with Crippen molar-refractivity contribution < 1.29 is 26.7 Å². The summed E-state index contributed by atoms with van der Waals surface area (Å²) in [7, 11) is 0. The largest absolute Gasteiger partial charge is 0.300 e. The van der Waals surface area contributed by atoms with Crippen molar-refractivity contribution in [3.8, 4) is 12.3 Å². The smallest absolute Gasteiger partial charge is 0.281 e. The van der Waals surface area contributed by atoms with Gasteiger partial charge in [0.25, 0.3) is 5.92 Å². The van der Waals surface area contributed by atoms with Crippen molar-refractivity contribution >= 4 is 17.2 Å². The van der Waals surface area contributed by atoms with Crippen LogP contribution in [0, 0.1) is 36.8 Å². The number of aliphatic imine (C=N–C) groups is 1. The van der Waals surface area contributed by atoms with E-state index in [1.165, 1.54) is 0 Å². The molecule has 0 heterocycles. The van der Waals surface area contributed by atoms with Gasteiger partial charge in [0.2, 0.25) is 0 Å². The lowest BCUT2D eigenvalue weighted by molar-refractivity contribution is -0.242. The topological polar surface area (TPSA) is 29.4 Å². The summed E-state index contributed by atoms with van der Waals surface area (Å²) in [5.41, 5.74) is -1.63. The van der Waals surface area contributed by atoms with Gasteiger partial charge in [-0.1, -0.05) is 5.92 Å². The quantitative estimate of drug-likeness (QED) is 0.232. The standard InChI is InChI=1S/C21H22F5NO/c1-4-15(27-19-11-18(23)17(22)9-13(19)2)7-5-6-8-16(28)10-14-12-21(25,26)20(14,3)24/h1,9,11,14H,5-8,10,12H2,2-3H3. The summed E-state index contributed by atoms with van der Waals surface area (Å²) in [4.78, 5) is 16.1. The summed E-state index contributed by atoms with van der Waals surface area (Å²) in [6.45, 7) is 2.42. The van der Waals surface area contributed by atoms with Gasteiger partial charge < -0.3 is 0 Å². The van der Waals surface area contributed by atoms with Crippen molar-refractivity contribution in [3.63, 3.8) is 0 Å². The number of Topliss-reactive ketones (excluding diaryl/α,β-unsaturated/α-hetero) is 1. The number of unbranched alkanes of at least 4 members (excludes halogenated alkanes) is 1. The number of hydrogen-bond donors (Lipinski definition) is 0. The third-order valence-electron chi connectivity index (χ3n) is 5.24. The van der Waals surface area contributed by atoms with E-state index < -0.39 is 35.6 Å². The van der Waals surface area contributed by atoms with Crippen LogP contribution in [0.2, 0.25) is 0 Å². The molecule has 0 saturated heterocycles. The van der Waals surface area contributed by atoms with E-state index in [1.54, 1.807) is 6.92 Å². The van der Waals surface area contributed by atoms with E-state index in [1.807, 2.05) is 0 Å². The van der Waals surface area contributed by atoms with Gasteiger partial charge in [0, 0.05) is 31.2 Å². The molecule has 2 rings (SSSR count). The molecule has 2 unspecified atom stereocenters. The fourth-order valence-electron chi connectivity index (χ4n) is 3.19. The number of nitrogens with zero attached hydrogens (tertiary/aromatic N) is 1. The average molecular weight is 399 g/mol. The highest BCUT2D eigenvalue weighted by atomic mass is 19.3. The van der Waals surface area contributed by atoms with Crippen LogP contribution in [0.5, 0.6) is 0 Å². The second-order valence-corrected chi connectivity index (χ2v) is 7.39. The molecule has 7 heteroatoms. The van der Waals surface area contributed by atoms with Crippen LogP contribution < -0.4 is 0 Å². The van der Waals surface area contributed by atoms with Gasteiger partial charge in [-0.3, -0.25) is 4.79 Å². The van der Waals surface area contributed by atoms with E-state index in [2.05, 4.69) is 10.9 Å². The Hall–Kier alpha value is -2.23. The number of terminal acetylenes is 1. The van der Waals surface area contributed by atoms with E-state index in [-0.39, 0.29) is 24.3 Å². The SMILES string of the molecule is C#CC(CCCCC(=O)CC1CC(F)(F)C1(C)F)=Nc1cc(F)c(F)cc1C. The van der Waals surface area contributed by atoms with E-state index in [4.69, 9.17) is 6.42 Å². The molecule has 1 aromatic carbocycles. The summed E-state index contributed by atoms with van der Waals surface area (Å²) >= 11 is 0. The van der Waals surface area contributed by atoms with Crippen molar-refractivity contribution in [2.75, 3.05) is 0 Å². The first-order valence-corrected chi connectivity index (χ1v) is 9.06. The molecule has 28 heavy (non-hydrogen) atoms. The monoisotopic (exact) mass is 399 g/mol. The van der Waals surface area contributed by atoms with Crippen LogP contribution in [0.3, 0.4) is 0 Å². The van der Waals surface area contributed by atoms with Gasteiger partial charge in [-0.05, 0) is 44.7 Å². The fourth-order valence-corrected chi connectivity index (χ4v) is 3.19. The van der Waals surface area contributed by atoms with E-state index in [0.717, 1.165) is 19.1 Å². The molecule has 0 aliphatic heterocycles. The lowest BCUT2D eigenvalue weighted by Gasteiger charge is -2.47. The van der Waals surface area contributed by atoms with Crippen molar-refractivity contribution in [3.05, 3.63) is 29.3 Å². The average Bonchev–Trinajstić information content (AvgIpc) is 2.61. The molecule has 0 amide bonds. The molecule has 2 atom stereocenters. The van der Waals surface area contributed by atoms with Crippen molar-refractivity contribution in [2.45, 2.75) is 64.0 Å². The van der Waals surface area contributed by atoms with Crippen molar-refractivity contribution in [1.29, 1.82) is 0 Å². The summed E-state index contributed by atoms with van der Waals surface area (Å²) < 4.78 is 66.6. The number of carbonyl (C=O) groups excluding carboxylic acids is 1. The van der Waals surface area contributed by atoms with E-state index >= 15 is 0 Å². The Kier molecular flexibility index (Phi) is 6.63. The maximum Gasteiger partial charge on any atom is 0.281 e. The Labute approximate surface area is 161 Å². The molecule has 0 spiro atoms. The maximum atomic E-state index is 13.9. The van der Waals surface area contributed by atoms with Crippen LogP contribution in [-0.2, 0) is 4.79 Å². The molecule has 152 valence electrons. The normalized spacial score (nSPS) is 23.8. The molecule has 2 nitrogen and oxygen atoms in total. The third-order valence-corrected chi connectivity index (χ3v) is 5.24. The van der Waals surface area contributed by atoms with Gasteiger partial charge in [-0.15, -0.1) is 6.42 Å². The van der Waals surface area contributed by atoms with Crippen LogP contribution in [0.25, 0.3) is 0 Å². The van der Waals surface area contributed by atoms with Crippen LogP contribution in [-0.4, -0.2) is 23.1 Å². The Morgan fingerprint density at radius 3 is 2.39 bits per heavy atom. The van der Waals surface area contributed by atoms with Crippen LogP contribution in [0.4, 0.5) is 27.6 Å². The first kappa shape index (κ1) is 22.1. The minimum Gasteiger partial charge on any atom is -0.300 e. The molecule has 1 aliphatic rings. The van der Waals surface area contributed by atoms with Crippen LogP contribution >= 0.6 is 0 Å². The summed E-state index contributed by atoms with van der Waals surface area (Å²) in [5, 5.41) is 0. The Morgan fingerprint density at radius 1 is 1.21 bits per heavy atom. The lowest BCUT2D eigenvalue weighted by atomic mass is 9.66. The van der Waals surface area contributed by atoms with Gasteiger partial charge in [0.15, 0.2) is 17.3 Å². The molecule has 0 radical (unpaired) electrons. The molecule has 1 fully saturated rings. The highest BCUT2D eigenvalue weighted by Gasteiger charge is 2.66. The second-order valence-electron chi connectivity index (χ2n) is 7.39. The Morgan fingerprint density at radius 2 is 1.82 bits per heavy atom. The highest BCUT2D eigenvalue weighted by Crippen LogP contribution is 2.55. The lowest BCUT2D eigenvalue weighted by Crippen LogP contribution is -2.60. The zero-order valence-corrected chi connectivity index (χ0v) is 15.8. The number of benzene rings is 1. The first-order chi connectivity index (χ1) is 13.0. The number of hydrogen-bond acceptors (Lipinski definition) is 2. The number of ketones is 1. The number of carbonyl (C=O) groups is 1. The summed E-state index contributed by atoms with van der Waals surface area (Å²) in [6.07, 6.45) is 6.04. The van der Waals surface area contributed by atoms with Gasteiger partial charge in [-0.2, -0.15) is 0 Å². The number of alkyl halides is 3. The summed E-state index contributed by atoms with van der Waals surface area (Å²) in [5.74, 6) is -4.18. The minimum absolute atomic E-state index is 0.139. The Balaban J connectivity index is 1.81. The molecule has 0 aromatic heterocycles. The van der Waals surface area contributed by atoms with Crippen LogP contribution in [0.1, 0.15) is 51.0 Å². The number of rotatable bonds is 8. The van der Waals surface area contributed by atoms with Gasteiger partial charge in [0.05, 0.1) is 11.4 Å². The van der Waals surface area contributed by atoms with Gasteiger partial charge >= 0.3 is 0 Å².